The number of amides is 1. The number of anilines is 1. The number of carbonyl (C=O) groups excluding carboxylic acids is 1. The molecule has 1 saturated heterocycles. The van der Waals surface area contributed by atoms with Gasteiger partial charge in [-0.3, -0.25) is 23.5 Å². The number of hydrogen-bond acceptors (Lipinski definition) is 5. The van der Waals surface area contributed by atoms with Gasteiger partial charge in [0.05, 0.1) is 17.4 Å². The van der Waals surface area contributed by atoms with Gasteiger partial charge in [0.1, 0.15) is 0 Å². The molecule has 0 bridgehead atoms. The Morgan fingerprint density at radius 1 is 1.09 bits per heavy atom. The van der Waals surface area contributed by atoms with Crippen molar-refractivity contribution >= 4 is 28.3 Å². The number of fused-ring (bicyclic) bond motifs is 3. The van der Waals surface area contributed by atoms with E-state index in [1.165, 1.54) is 0 Å². The number of aromatic nitrogens is 4. The van der Waals surface area contributed by atoms with E-state index in [9.17, 15) is 9.59 Å². The van der Waals surface area contributed by atoms with Crippen molar-refractivity contribution in [2.45, 2.75) is 26.3 Å². The van der Waals surface area contributed by atoms with Crippen LogP contribution in [0, 0.1) is 12.8 Å². The molecular formula is C24H26N6O2. The van der Waals surface area contributed by atoms with Crippen LogP contribution in [0.1, 0.15) is 24.2 Å². The number of carbonyl (C=O) groups is 1. The first-order chi connectivity index (χ1) is 15.5. The largest absolute Gasteiger partial charge is 0.326 e. The van der Waals surface area contributed by atoms with Crippen LogP contribution in [0.2, 0.25) is 0 Å². The molecule has 0 radical (unpaired) electrons. The maximum atomic E-state index is 12.8. The van der Waals surface area contributed by atoms with Crippen molar-refractivity contribution in [3.05, 3.63) is 70.3 Å². The first-order valence-corrected chi connectivity index (χ1v) is 10.9. The van der Waals surface area contributed by atoms with Crippen molar-refractivity contribution < 1.29 is 4.79 Å². The third-order valence-electron chi connectivity index (χ3n) is 6.31. The van der Waals surface area contributed by atoms with Crippen molar-refractivity contribution in [3.8, 4) is 0 Å². The summed E-state index contributed by atoms with van der Waals surface area (Å²) in [6, 6.07) is 15.5. The van der Waals surface area contributed by atoms with Gasteiger partial charge in [0.25, 0.3) is 5.56 Å². The zero-order valence-electron chi connectivity index (χ0n) is 18.3. The molecule has 1 fully saturated rings. The van der Waals surface area contributed by atoms with Gasteiger partial charge in [0.2, 0.25) is 11.7 Å². The maximum absolute atomic E-state index is 12.8. The van der Waals surface area contributed by atoms with Crippen LogP contribution in [0.5, 0.6) is 0 Å². The van der Waals surface area contributed by atoms with Gasteiger partial charge in [-0.15, -0.1) is 10.2 Å². The standard InChI is InChI=1S/C24H26N6O2/c1-16-8-9-20-19(14-16)23(32)28(2)24-27-26-21(30(20)24)15-29-12-10-17(11-13-29)22(31)25-18-6-4-3-5-7-18/h3-9,14,17H,10-13,15H2,1-2H3,(H,25,31). The molecule has 1 N–H and O–H groups in total. The van der Waals surface area contributed by atoms with Crippen molar-refractivity contribution in [2.24, 2.45) is 13.0 Å². The molecule has 1 aliphatic rings. The molecule has 2 aromatic heterocycles. The number of piperidine rings is 1. The molecule has 3 heterocycles. The van der Waals surface area contributed by atoms with Crippen LogP contribution in [0.4, 0.5) is 5.69 Å². The number of nitrogens with one attached hydrogen (secondary N) is 1. The molecule has 0 saturated carbocycles. The molecule has 4 aromatic rings. The Bertz CT molecular complexity index is 1350. The Hall–Kier alpha value is -3.52. The third kappa shape index (κ3) is 3.67. The Morgan fingerprint density at radius 3 is 2.59 bits per heavy atom. The lowest BCUT2D eigenvalue weighted by Crippen LogP contribution is -2.38. The number of rotatable bonds is 4. The molecule has 8 heteroatoms. The highest BCUT2D eigenvalue weighted by Gasteiger charge is 2.26. The predicted molar refractivity (Wildman–Crippen MR) is 124 cm³/mol. The predicted octanol–water partition coefficient (Wildman–Crippen LogP) is 2.74. The molecule has 32 heavy (non-hydrogen) atoms. The highest BCUT2D eigenvalue weighted by atomic mass is 16.2. The van der Waals surface area contributed by atoms with Gasteiger partial charge in [0.15, 0.2) is 5.82 Å². The van der Waals surface area contributed by atoms with Crippen LogP contribution in [-0.2, 0) is 18.4 Å². The zero-order valence-corrected chi connectivity index (χ0v) is 18.3. The maximum Gasteiger partial charge on any atom is 0.262 e. The van der Waals surface area contributed by atoms with E-state index in [0.29, 0.717) is 17.7 Å². The van der Waals surface area contributed by atoms with Crippen LogP contribution in [0.3, 0.4) is 0 Å². The summed E-state index contributed by atoms with van der Waals surface area (Å²) in [5.74, 6) is 1.43. The van der Waals surface area contributed by atoms with Gasteiger partial charge in [-0.2, -0.15) is 0 Å². The molecule has 5 rings (SSSR count). The molecule has 0 unspecified atom stereocenters. The highest BCUT2D eigenvalue weighted by molar-refractivity contribution is 5.92. The fourth-order valence-corrected chi connectivity index (χ4v) is 4.48. The normalized spacial score (nSPS) is 15.4. The molecule has 0 spiro atoms. The van der Waals surface area contributed by atoms with Gasteiger partial charge < -0.3 is 5.32 Å². The van der Waals surface area contributed by atoms with E-state index in [1.54, 1.807) is 11.6 Å². The van der Waals surface area contributed by atoms with E-state index in [4.69, 9.17) is 0 Å². The van der Waals surface area contributed by atoms with Crippen LogP contribution in [0.15, 0.2) is 53.3 Å². The van der Waals surface area contributed by atoms with Gasteiger partial charge in [-0.25, -0.2) is 0 Å². The molecule has 8 nitrogen and oxygen atoms in total. The summed E-state index contributed by atoms with van der Waals surface area (Å²) in [6.45, 7) is 4.22. The average molecular weight is 431 g/mol. The van der Waals surface area contributed by atoms with E-state index >= 15 is 0 Å². The molecule has 1 aliphatic heterocycles. The van der Waals surface area contributed by atoms with Gasteiger partial charge in [-0.1, -0.05) is 29.8 Å². The minimum absolute atomic E-state index is 0.00577. The summed E-state index contributed by atoms with van der Waals surface area (Å²) in [6.07, 6.45) is 1.60. The number of nitrogens with zero attached hydrogens (tertiary/aromatic N) is 5. The average Bonchev–Trinajstić information content (AvgIpc) is 3.22. The van der Waals surface area contributed by atoms with Crippen molar-refractivity contribution in [2.75, 3.05) is 18.4 Å². The summed E-state index contributed by atoms with van der Waals surface area (Å²) < 4.78 is 3.53. The zero-order chi connectivity index (χ0) is 22.2. The lowest BCUT2D eigenvalue weighted by molar-refractivity contribution is -0.121. The summed E-state index contributed by atoms with van der Waals surface area (Å²) in [5, 5.41) is 12.4. The van der Waals surface area contributed by atoms with E-state index < -0.39 is 0 Å². The van der Waals surface area contributed by atoms with Crippen molar-refractivity contribution in [1.82, 2.24) is 24.1 Å². The van der Waals surface area contributed by atoms with Crippen molar-refractivity contribution in [3.63, 3.8) is 0 Å². The quantitative estimate of drug-likeness (QED) is 0.538. The summed E-state index contributed by atoms with van der Waals surface area (Å²) in [7, 11) is 1.73. The van der Waals surface area contributed by atoms with E-state index in [1.807, 2.05) is 59.9 Å². The number of hydrogen-bond donors (Lipinski definition) is 1. The van der Waals surface area contributed by atoms with Crippen LogP contribution < -0.4 is 10.9 Å². The van der Waals surface area contributed by atoms with Gasteiger partial charge >= 0.3 is 0 Å². The molecular weight excluding hydrogens is 404 g/mol. The van der Waals surface area contributed by atoms with Crippen molar-refractivity contribution in [1.29, 1.82) is 0 Å². The second kappa shape index (κ2) is 8.20. The fraction of sp³-hybridized carbons (Fsp3) is 0.333. The first-order valence-electron chi connectivity index (χ1n) is 10.9. The van der Waals surface area contributed by atoms with E-state index in [-0.39, 0.29) is 17.4 Å². The minimum Gasteiger partial charge on any atom is -0.326 e. The van der Waals surface area contributed by atoms with E-state index in [0.717, 1.165) is 48.5 Å². The summed E-state index contributed by atoms with van der Waals surface area (Å²) in [5.41, 5.74) is 2.63. The second-order valence-corrected chi connectivity index (χ2v) is 8.54. The van der Waals surface area contributed by atoms with Gasteiger partial charge in [-0.05, 0) is 57.1 Å². The molecule has 164 valence electrons. The number of aryl methyl sites for hydroxylation is 2. The monoisotopic (exact) mass is 430 g/mol. The Balaban J connectivity index is 1.33. The molecule has 1 amide bonds. The number of benzene rings is 2. The molecule has 2 aromatic carbocycles. The number of para-hydroxylation sites is 1. The highest BCUT2D eigenvalue weighted by Crippen LogP contribution is 2.22. The first kappa shape index (κ1) is 20.4. The lowest BCUT2D eigenvalue weighted by atomic mass is 9.96. The summed E-state index contributed by atoms with van der Waals surface area (Å²) in [4.78, 5) is 27.7. The fourth-order valence-electron chi connectivity index (χ4n) is 4.48. The third-order valence-corrected chi connectivity index (χ3v) is 6.31. The van der Waals surface area contributed by atoms with Crippen LogP contribution in [-0.4, -0.2) is 43.1 Å². The lowest BCUT2D eigenvalue weighted by Gasteiger charge is -2.30. The smallest absolute Gasteiger partial charge is 0.262 e. The Kier molecular flexibility index (Phi) is 5.22. The minimum atomic E-state index is -0.0691. The number of likely N-dealkylation sites (tertiary alicyclic amines) is 1. The van der Waals surface area contributed by atoms with Crippen LogP contribution >= 0.6 is 0 Å². The van der Waals surface area contributed by atoms with E-state index in [2.05, 4.69) is 20.4 Å². The SMILES string of the molecule is Cc1ccc2c(c1)c(=O)n(C)c1nnc(CN3CCC(C(=O)Nc4ccccc4)CC3)n21. The summed E-state index contributed by atoms with van der Waals surface area (Å²) >= 11 is 0. The molecule has 0 aliphatic carbocycles. The van der Waals surface area contributed by atoms with Crippen LogP contribution in [0.25, 0.3) is 16.7 Å². The van der Waals surface area contributed by atoms with Gasteiger partial charge in [0, 0.05) is 18.7 Å². The Labute approximate surface area is 185 Å². The molecule has 0 atom stereocenters. The topological polar surface area (TPSA) is 84.5 Å². The second-order valence-electron chi connectivity index (χ2n) is 8.54. The Morgan fingerprint density at radius 2 is 1.84 bits per heavy atom.